The van der Waals surface area contributed by atoms with E-state index in [-0.39, 0.29) is 5.56 Å². The van der Waals surface area contributed by atoms with E-state index in [1.807, 2.05) is 29.8 Å². The van der Waals surface area contributed by atoms with Gasteiger partial charge in [-0.1, -0.05) is 30.3 Å². The first-order valence-electron chi connectivity index (χ1n) is 7.40. The summed E-state index contributed by atoms with van der Waals surface area (Å²) in [4.78, 5) is 23.6. The van der Waals surface area contributed by atoms with Gasteiger partial charge in [-0.15, -0.1) is 0 Å². The summed E-state index contributed by atoms with van der Waals surface area (Å²) in [6.45, 7) is 1.27. The number of rotatable bonds is 6. The quantitative estimate of drug-likeness (QED) is 0.722. The lowest BCUT2D eigenvalue weighted by Crippen LogP contribution is -2.18. The molecule has 22 heavy (non-hydrogen) atoms. The van der Waals surface area contributed by atoms with Crippen LogP contribution in [0.3, 0.4) is 0 Å². The zero-order valence-corrected chi connectivity index (χ0v) is 12.5. The fourth-order valence-electron chi connectivity index (χ4n) is 2.55. The summed E-state index contributed by atoms with van der Waals surface area (Å²) in [5.74, 6) is 0.606. The van der Waals surface area contributed by atoms with Gasteiger partial charge in [-0.3, -0.25) is 4.79 Å². The summed E-state index contributed by atoms with van der Waals surface area (Å²) in [6, 6.07) is 10.3. The third-order valence-electron chi connectivity index (χ3n) is 3.58. The molecule has 2 heterocycles. The molecule has 0 aliphatic heterocycles. The van der Waals surface area contributed by atoms with Gasteiger partial charge in [-0.25, -0.2) is 9.97 Å². The van der Waals surface area contributed by atoms with Crippen molar-refractivity contribution in [3.63, 3.8) is 0 Å². The number of fused-ring (bicyclic) bond motifs is 1. The standard InChI is InChI=1S/C16H19N5O/c1-17-10-13-19-15-14(16(22)20-13)21(11-18-15)9-5-8-12-6-3-2-4-7-12/h2-4,6-7,11,17H,5,8-10H2,1H3,(H,19,20,22). The predicted octanol–water partition coefficient (Wildman–Crippen LogP) is 1.47. The number of benzene rings is 1. The van der Waals surface area contributed by atoms with Gasteiger partial charge in [0.25, 0.3) is 5.56 Å². The van der Waals surface area contributed by atoms with Crippen LogP contribution in [0, 0.1) is 0 Å². The number of aromatic nitrogens is 4. The van der Waals surface area contributed by atoms with Crippen molar-refractivity contribution >= 4 is 11.2 Å². The smallest absolute Gasteiger partial charge is 0.277 e. The highest BCUT2D eigenvalue weighted by molar-refractivity contribution is 5.69. The molecule has 0 amide bonds. The normalized spacial score (nSPS) is 11.1. The molecule has 3 rings (SSSR count). The highest BCUT2D eigenvalue weighted by Crippen LogP contribution is 2.08. The van der Waals surface area contributed by atoms with Crippen LogP contribution >= 0.6 is 0 Å². The number of imidazole rings is 1. The second-order valence-electron chi connectivity index (χ2n) is 5.24. The lowest BCUT2D eigenvalue weighted by Gasteiger charge is -2.05. The Kier molecular flexibility index (Phi) is 4.29. The van der Waals surface area contributed by atoms with E-state index in [4.69, 9.17) is 0 Å². The first-order valence-corrected chi connectivity index (χ1v) is 7.40. The topological polar surface area (TPSA) is 75.6 Å². The average molecular weight is 297 g/mol. The molecule has 0 bridgehead atoms. The molecule has 0 radical (unpaired) electrons. The summed E-state index contributed by atoms with van der Waals surface area (Å²) in [5, 5.41) is 2.97. The maximum absolute atomic E-state index is 12.2. The van der Waals surface area contributed by atoms with Crippen LogP contribution in [0.25, 0.3) is 11.2 Å². The Morgan fingerprint density at radius 2 is 2.09 bits per heavy atom. The van der Waals surface area contributed by atoms with Crippen LogP contribution in [0.2, 0.25) is 0 Å². The summed E-state index contributed by atoms with van der Waals surface area (Å²) >= 11 is 0. The van der Waals surface area contributed by atoms with Crippen LogP contribution in [0.5, 0.6) is 0 Å². The van der Waals surface area contributed by atoms with E-state index < -0.39 is 0 Å². The van der Waals surface area contributed by atoms with E-state index in [0.717, 1.165) is 19.4 Å². The third kappa shape index (κ3) is 3.07. The van der Waals surface area contributed by atoms with Gasteiger partial charge >= 0.3 is 0 Å². The highest BCUT2D eigenvalue weighted by atomic mass is 16.1. The van der Waals surface area contributed by atoms with Gasteiger partial charge in [0.15, 0.2) is 11.2 Å². The third-order valence-corrected chi connectivity index (χ3v) is 3.58. The lowest BCUT2D eigenvalue weighted by molar-refractivity contribution is 0.654. The van der Waals surface area contributed by atoms with E-state index >= 15 is 0 Å². The molecule has 0 aliphatic carbocycles. The SMILES string of the molecule is CNCc1nc2ncn(CCCc3ccccc3)c2c(=O)[nH]1. The highest BCUT2D eigenvalue weighted by Gasteiger charge is 2.10. The minimum absolute atomic E-state index is 0.132. The number of nitrogens with zero attached hydrogens (tertiary/aromatic N) is 3. The zero-order chi connectivity index (χ0) is 15.4. The Morgan fingerprint density at radius 3 is 2.86 bits per heavy atom. The number of hydrogen-bond donors (Lipinski definition) is 2. The molecule has 6 heteroatoms. The molecule has 0 saturated carbocycles. The van der Waals surface area contributed by atoms with Crippen LogP contribution in [0.15, 0.2) is 41.5 Å². The van der Waals surface area contributed by atoms with Gasteiger partial charge < -0.3 is 14.9 Å². The van der Waals surface area contributed by atoms with Gasteiger partial charge in [0.1, 0.15) is 5.82 Å². The van der Waals surface area contributed by atoms with Crippen LogP contribution in [0.4, 0.5) is 0 Å². The number of nitrogens with one attached hydrogen (secondary N) is 2. The van der Waals surface area contributed by atoms with E-state index in [9.17, 15) is 4.79 Å². The molecule has 1 aromatic carbocycles. The maximum Gasteiger partial charge on any atom is 0.277 e. The molecule has 0 atom stereocenters. The fourth-order valence-corrected chi connectivity index (χ4v) is 2.55. The Balaban J connectivity index is 1.76. The van der Waals surface area contributed by atoms with E-state index in [2.05, 4.69) is 32.4 Å². The van der Waals surface area contributed by atoms with Crippen molar-refractivity contribution in [2.24, 2.45) is 0 Å². The number of aromatic amines is 1. The van der Waals surface area contributed by atoms with Crippen LogP contribution in [-0.2, 0) is 19.5 Å². The van der Waals surface area contributed by atoms with Gasteiger partial charge in [-0.2, -0.15) is 0 Å². The molecule has 114 valence electrons. The summed E-state index contributed by atoms with van der Waals surface area (Å²) in [7, 11) is 1.81. The first kappa shape index (κ1) is 14.5. The number of aryl methyl sites for hydroxylation is 2. The largest absolute Gasteiger partial charge is 0.325 e. The molecule has 0 aliphatic rings. The maximum atomic E-state index is 12.2. The number of hydrogen-bond acceptors (Lipinski definition) is 4. The van der Waals surface area contributed by atoms with Crippen molar-refractivity contribution in [2.75, 3.05) is 7.05 Å². The molecule has 3 aromatic rings. The van der Waals surface area contributed by atoms with Crippen molar-refractivity contribution in [3.05, 3.63) is 58.4 Å². The van der Waals surface area contributed by atoms with Crippen molar-refractivity contribution in [3.8, 4) is 0 Å². The van der Waals surface area contributed by atoms with Gasteiger partial charge in [0, 0.05) is 6.54 Å². The second-order valence-corrected chi connectivity index (χ2v) is 5.24. The molecule has 0 fully saturated rings. The van der Waals surface area contributed by atoms with Gasteiger partial charge in [0.05, 0.1) is 12.9 Å². The van der Waals surface area contributed by atoms with Crippen LogP contribution in [0.1, 0.15) is 17.8 Å². The molecule has 0 spiro atoms. The molecule has 2 aromatic heterocycles. The number of H-pyrrole nitrogens is 1. The molecule has 2 N–H and O–H groups in total. The molecule has 0 unspecified atom stereocenters. The van der Waals surface area contributed by atoms with Crippen molar-refractivity contribution < 1.29 is 0 Å². The van der Waals surface area contributed by atoms with Crippen LogP contribution in [-0.4, -0.2) is 26.6 Å². The van der Waals surface area contributed by atoms with E-state index in [1.165, 1.54) is 5.56 Å². The Morgan fingerprint density at radius 1 is 1.27 bits per heavy atom. The molecule has 0 saturated heterocycles. The average Bonchev–Trinajstić information content (AvgIpc) is 2.92. The first-order chi connectivity index (χ1) is 10.8. The molecule has 6 nitrogen and oxygen atoms in total. The Hall–Kier alpha value is -2.47. The predicted molar refractivity (Wildman–Crippen MR) is 85.7 cm³/mol. The Labute approximate surface area is 128 Å². The zero-order valence-electron chi connectivity index (χ0n) is 12.5. The minimum atomic E-state index is -0.132. The minimum Gasteiger partial charge on any atom is -0.325 e. The van der Waals surface area contributed by atoms with Gasteiger partial charge in [0.2, 0.25) is 0 Å². The monoisotopic (exact) mass is 297 g/mol. The second kappa shape index (κ2) is 6.53. The fraction of sp³-hybridized carbons (Fsp3) is 0.312. The van der Waals surface area contributed by atoms with Crippen LogP contribution < -0.4 is 10.9 Å². The molecular formula is C16H19N5O. The summed E-state index contributed by atoms with van der Waals surface area (Å²) < 4.78 is 1.88. The van der Waals surface area contributed by atoms with E-state index in [0.29, 0.717) is 23.5 Å². The van der Waals surface area contributed by atoms with Crippen molar-refractivity contribution in [1.82, 2.24) is 24.8 Å². The van der Waals surface area contributed by atoms with Crippen molar-refractivity contribution in [1.29, 1.82) is 0 Å². The molecular weight excluding hydrogens is 278 g/mol. The summed E-state index contributed by atoms with van der Waals surface area (Å²) in [6.07, 6.45) is 3.62. The Bertz CT molecular complexity index is 806. The van der Waals surface area contributed by atoms with E-state index in [1.54, 1.807) is 6.33 Å². The van der Waals surface area contributed by atoms with Crippen molar-refractivity contribution in [2.45, 2.75) is 25.9 Å². The lowest BCUT2D eigenvalue weighted by atomic mass is 10.1. The summed E-state index contributed by atoms with van der Waals surface area (Å²) in [5.41, 5.74) is 2.23. The van der Waals surface area contributed by atoms with Gasteiger partial charge in [-0.05, 0) is 25.5 Å².